The van der Waals surface area contributed by atoms with Gasteiger partial charge in [0.05, 0.1) is 61.8 Å². The Kier molecular flexibility index (Phi) is 3.15. The summed E-state index contributed by atoms with van der Waals surface area (Å²) in [7, 11) is 0. The summed E-state index contributed by atoms with van der Waals surface area (Å²) in [6, 6.07) is -41.7. The van der Waals surface area contributed by atoms with Gasteiger partial charge in [0.1, 0.15) is 11.2 Å². The normalized spacial score (nSPS) is 20.4. The first-order valence-corrected chi connectivity index (χ1v) is 16.8. The molecule has 0 atom stereocenters. The Labute approximate surface area is 389 Å². The predicted molar refractivity (Wildman–Crippen MR) is 245 cm³/mol. The van der Waals surface area contributed by atoms with Crippen LogP contribution in [0.15, 0.2) is 228 Å². The molecule has 1 heterocycles. The Morgan fingerprint density at radius 1 is 0.345 bits per heavy atom. The van der Waals surface area contributed by atoms with Crippen LogP contribution in [0.3, 0.4) is 0 Å². The standard InChI is InChI=1S/C56H37NO/c1-3-15-38(16-4-1)41-20-13-21-42(35-41)43-22-14-23-46(36-43)57(53-34-33-48(39-17-5-2-6-18-39)56-55(53)51-27-11-12-28-54(51)58-56)45-31-29-40(30-32-45)52-37-44-19-7-8-24-47(44)49-25-9-10-26-50(49)52/h1-37H/i1D,2D,3D,4D,5D,6D,7D,8D,9D,10D,11D,12D,13D,14D,15D,16D,17D,18D,19D,20D,21D,22D,23D,24D,25D,26D,27D,28D,29D,30D,31D,32D,33D,34D,35D,36D,37D. The van der Waals surface area contributed by atoms with Gasteiger partial charge in [0.2, 0.25) is 0 Å². The van der Waals surface area contributed by atoms with E-state index in [9.17, 15) is 20.6 Å². The minimum Gasteiger partial charge on any atom is -0.455 e. The van der Waals surface area contributed by atoms with Gasteiger partial charge in [-0.1, -0.05) is 169 Å². The van der Waals surface area contributed by atoms with Crippen LogP contribution in [0, 0.1) is 0 Å². The molecule has 2 nitrogen and oxygen atoms in total. The maximum atomic E-state index is 10.2. The average Bonchev–Trinajstić information content (AvgIpc) is 1.68. The Morgan fingerprint density at radius 2 is 0.914 bits per heavy atom. The summed E-state index contributed by atoms with van der Waals surface area (Å²) in [6.45, 7) is 0. The van der Waals surface area contributed by atoms with E-state index in [1.165, 1.54) is 0 Å². The van der Waals surface area contributed by atoms with Crippen molar-refractivity contribution >= 4 is 60.5 Å². The van der Waals surface area contributed by atoms with Crippen molar-refractivity contribution in [1.82, 2.24) is 0 Å². The van der Waals surface area contributed by atoms with Gasteiger partial charge in [-0.05, 0) is 115 Å². The van der Waals surface area contributed by atoms with Crippen molar-refractivity contribution in [3.05, 3.63) is 224 Å². The second kappa shape index (κ2) is 14.1. The van der Waals surface area contributed by atoms with E-state index in [-0.39, 0.29) is 4.90 Å². The summed E-state index contributed by atoms with van der Waals surface area (Å²) >= 11 is 0. The summed E-state index contributed by atoms with van der Waals surface area (Å²) in [4.78, 5) is 0.271. The van der Waals surface area contributed by atoms with E-state index in [1.807, 2.05) is 0 Å². The van der Waals surface area contributed by atoms with Gasteiger partial charge in [-0.3, -0.25) is 0 Å². The number of benzene rings is 10. The van der Waals surface area contributed by atoms with Gasteiger partial charge in [0.15, 0.2) is 0 Å². The van der Waals surface area contributed by atoms with Gasteiger partial charge < -0.3 is 9.32 Å². The van der Waals surface area contributed by atoms with Crippen molar-refractivity contribution in [3.8, 4) is 44.5 Å². The van der Waals surface area contributed by atoms with E-state index < -0.39 is 329 Å². The smallest absolute Gasteiger partial charge is 0.145 e. The van der Waals surface area contributed by atoms with E-state index in [2.05, 4.69) is 0 Å². The first-order chi connectivity index (χ1) is 44.2. The summed E-state index contributed by atoms with van der Waals surface area (Å²) in [5.41, 5.74) is -13.7. The quantitative estimate of drug-likeness (QED) is 0.150. The largest absolute Gasteiger partial charge is 0.455 e. The number of rotatable bonds is 7. The van der Waals surface area contributed by atoms with Gasteiger partial charge in [-0.15, -0.1) is 0 Å². The lowest BCUT2D eigenvalue weighted by Crippen LogP contribution is -2.10. The maximum Gasteiger partial charge on any atom is 0.145 e. The van der Waals surface area contributed by atoms with Crippen LogP contribution in [0.25, 0.3) is 88.0 Å². The fraction of sp³-hybridized carbons (Fsp3) is 0. The number of para-hydroxylation sites is 1. The third-order valence-corrected chi connectivity index (χ3v) is 8.75. The molecular formula is C56H37NO. The van der Waals surface area contributed by atoms with E-state index in [0.29, 0.717) is 0 Å². The van der Waals surface area contributed by atoms with Crippen LogP contribution in [0.2, 0.25) is 0 Å². The molecule has 0 fully saturated rings. The summed E-state index contributed by atoms with van der Waals surface area (Å²) in [6.07, 6.45) is 0. The highest BCUT2D eigenvalue weighted by Gasteiger charge is 2.23. The van der Waals surface area contributed by atoms with Gasteiger partial charge in [0, 0.05) is 22.3 Å². The van der Waals surface area contributed by atoms with Crippen LogP contribution in [0.1, 0.15) is 50.7 Å². The van der Waals surface area contributed by atoms with Crippen LogP contribution in [-0.2, 0) is 0 Å². The molecule has 0 aliphatic carbocycles. The highest BCUT2D eigenvalue weighted by molar-refractivity contribution is 6.17. The third-order valence-electron chi connectivity index (χ3n) is 8.75. The lowest BCUT2D eigenvalue weighted by molar-refractivity contribution is 0.670. The number of hydrogen-bond acceptors (Lipinski definition) is 2. The van der Waals surface area contributed by atoms with Crippen molar-refractivity contribution < 1.29 is 55.1 Å². The highest BCUT2D eigenvalue weighted by Crippen LogP contribution is 2.47. The Morgan fingerprint density at radius 3 is 1.69 bits per heavy atom. The fourth-order valence-electron chi connectivity index (χ4n) is 6.26. The van der Waals surface area contributed by atoms with Crippen LogP contribution >= 0.6 is 0 Å². The van der Waals surface area contributed by atoms with Crippen LogP contribution in [0.4, 0.5) is 17.1 Å². The molecule has 11 rings (SSSR count). The monoisotopic (exact) mass is 777 g/mol. The van der Waals surface area contributed by atoms with Gasteiger partial charge in [-0.2, -0.15) is 0 Å². The molecule has 1 aromatic heterocycles. The average molecular weight is 777 g/mol. The van der Waals surface area contributed by atoms with Crippen molar-refractivity contribution in [3.63, 3.8) is 0 Å². The Balaban J connectivity index is 1.41. The molecule has 0 unspecified atom stereocenters. The molecule has 11 aromatic rings. The van der Waals surface area contributed by atoms with E-state index in [1.54, 1.807) is 0 Å². The molecule has 2 heteroatoms. The fourth-order valence-corrected chi connectivity index (χ4v) is 6.26. The van der Waals surface area contributed by atoms with Crippen LogP contribution < -0.4 is 4.90 Å². The third kappa shape index (κ3) is 5.82. The number of nitrogens with zero attached hydrogens (tertiary/aromatic N) is 1. The molecule has 0 amide bonds. The number of anilines is 3. The highest BCUT2D eigenvalue weighted by atomic mass is 16.3. The van der Waals surface area contributed by atoms with Crippen molar-refractivity contribution in [2.24, 2.45) is 0 Å². The molecule has 0 saturated carbocycles. The molecule has 0 aliphatic rings. The van der Waals surface area contributed by atoms with Gasteiger partial charge in [0.25, 0.3) is 0 Å². The summed E-state index contributed by atoms with van der Waals surface area (Å²) in [5, 5.41) is -4.63. The topological polar surface area (TPSA) is 16.4 Å². The zero-order valence-electron chi connectivity index (χ0n) is 65.9. The second-order valence-corrected chi connectivity index (χ2v) is 12.0. The SMILES string of the molecule is [2H]c1c([2H])c([2H])c(-c2c([2H])c([2H])c([2H])c(-c3c([2H])c([2H])c([2H])c(N(c4c([2H])c([2H])c(-c5c([2H])c6c([2H])c([2H])c([2H])c([2H])c6c6c([2H])c([2H])c([2H])c([2H])c56)c([2H])c4[2H])c4c([2H])c([2H])c(-c5c([2H])c([2H])c([2H])c([2H])c5[2H])c5oc6c([2H])c([2H])c([2H])c([2H])c6c45)c3[2H])c2[2H])c([2H])c1[2H]. The zero-order chi connectivity index (χ0) is 70.6. The molecule has 0 aliphatic heterocycles. The minimum absolute atomic E-state index is 0.271. The zero-order valence-corrected chi connectivity index (χ0v) is 28.9. The van der Waals surface area contributed by atoms with E-state index >= 15 is 0 Å². The second-order valence-electron chi connectivity index (χ2n) is 12.0. The Bertz CT molecular complexity index is 5380. The number of furan rings is 1. The lowest BCUT2D eigenvalue weighted by Gasteiger charge is -2.27. The van der Waals surface area contributed by atoms with Crippen molar-refractivity contribution in [1.29, 1.82) is 0 Å². The van der Waals surface area contributed by atoms with Crippen molar-refractivity contribution in [2.45, 2.75) is 0 Å². The lowest BCUT2D eigenvalue weighted by atomic mass is 9.93. The minimum atomic E-state index is -1.45. The predicted octanol–water partition coefficient (Wildman–Crippen LogP) is 16.0. The molecule has 58 heavy (non-hydrogen) atoms. The van der Waals surface area contributed by atoms with E-state index in [4.69, 9.17) is 34.6 Å². The first kappa shape index (κ1) is 12.9. The molecule has 10 aromatic carbocycles. The molecule has 0 bridgehead atoms. The van der Waals surface area contributed by atoms with Crippen LogP contribution in [-0.4, -0.2) is 0 Å². The molecule has 0 radical (unpaired) electrons. The summed E-state index contributed by atoms with van der Waals surface area (Å²) < 4.78 is 344. The van der Waals surface area contributed by atoms with E-state index in [0.717, 1.165) is 0 Å². The van der Waals surface area contributed by atoms with Gasteiger partial charge >= 0.3 is 0 Å². The van der Waals surface area contributed by atoms with Crippen molar-refractivity contribution in [2.75, 3.05) is 4.90 Å². The molecular weight excluding hydrogens is 703 g/mol. The molecule has 0 saturated heterocycles. The molecule has 0 N–H and O–H groups in total. The first-order valence-electron chi connectivity index (χ1n) is 35.3. The number of fused-ring (bicyclic) bond motifs is 6. The maximum absolute atomic E-state index is 10.2. The molecule has 0 spiro atoms. The van der Waals surface area contributed by atoms with Gasteiger partial charge in [-0.25, -0.2) is 0 Å². The Hall–Kier alpha value is -7.68. The summed E-state index contributed by atoms with van der Waals surface area (Å²) in [5.74, 6) is 0. The van der Waals surface area contributed by atoms with Crippen LogP contribution in [0.5, 0.6) is 0 Å². The number of hydrogen-bond donors (Lipinski definition) is 0. The molecule has 272 valence electrons.